The molecule has 0 bridgehead atoms. The third kappa shape index (κ3) is 4.86. The average molecular weight is 429 g/mol. The number of rotatable bonds is 9. The van der Waals surface area contributed by atoms with Gasteiger partial charge in [0.25, 0.3) is 5.91 Å². The third-order valence-corrected chi connectivity index (χ3v) is 4.56. The number of aromatic nitrogens is 5. The van der Waals surface area contributed by atoms with Crippen LogP contribution in [0.15, 0.2) is 30.7 Å². The molecule has 0 saturated carbocycles. The van der Waals surface area contributed by atoms with Crippen LogP contribution >= 0.6 is 0 Å². The molecular formula is C19H24FN9O2. The SMILES string of the molecule is CCC(Nc1nc(Nc2cnc(OC)c(-n3nccn3)c2)c(C(N)=O)cc1F)C(C)N. The minimum Gasteiger partial charge on any atom is -0.479 e. The summed E-state index contributed by atoms with van der Waals surface area (Å²) in [6.45, 7) is 3.73. The molecule has 1 amide bonds. The fraction of sp³-hybridized carbons (Fsp3) is 0.316. The molecule has 6 N–H and O–H groups in total. The van der Waals surface area contributed by atoms with E-state index in [0.717, 1.165) is 6.07 Å². The fourth-order valence-electron chi connectivity index (χ4n) is 2.94. The number of anilines is 3. The van der Waals surface area contributed by atoms with E-state index in [1.165, 1.54) is 30.5 Å². The Kier molecular flexibility index (Phi) is 6.60. The molecule has 0 aliphatic carbocycles. The van der Waals surface area contributed by atoms with Gasteiger partial charge in [-0.25, -0.2) is 14.4 Å². The van der Waals surface area contributed by atoms with Crippen LogP contribution in [0.3, 0.4) is 0 Å². The number of carbonyl (C=O) groups excluding carboxylic acids is 1. The Labute approximate surface area is 178 Å². The van der Waals surface area contributed by atoms with Crippen molar-refractivity contribution >= 4 is 23.2 Å². The molecular weight excluding hydrogens is 405 g/mol. The highest BCUT2D eigenvalue weighted by Gasteiger charge is 2.20. The van der Waals surface area contributed by atoms with Crippen molar-refractivity contribution in [2.24, 2.45) is 11.5 Å². The molecule has 3 aromatic heterocycles. The number of carbonyl (C=O) groups is 1. The number of hydrogen-bond donors (Lipinski definition) is 4. The summed E-state index contributed by atoms with van der Waals surface area (Å²) in [4.78, 5) is 21.7. The summed E-state index contributed by atoms with van der Waals surface area (Å²) < 4.78 is 19.8. The Bertz CT molecular complexity index is 1060. The number of nitrogens with zero attached hydrogens (tertiary/aromatic N) is 5. The first-order valence-electron chi connectivity index (χ1n) is 9.54. The standard InChI is InChI=1S/C19H24FN9O2/c1-4-14(10(2)21)27-18-13(20)8-12(16(22)30)17(28-18)26-11-7-15(19(31-3)23-9-11)29-24-5-6-25-29/h5-10,14H,4,21H2,1-3H3,(H2,22,30)(H2,26,27,28). The smallest absolute Gasteiger partial charge is 0.252 e. The molecule has 0 aromatic carbocycles. The third-order valence-electron chi connectivity index (χ3n) is 4.56. The van der Waals surface area contributed by atoms with E-state index in [2.05, 4.69) is 30.8 Å². The predicted molar refractivity (Wildman–Crippen MR) is 113 cm³/mol. The van der Waals surface area contributed by atoms with Crippen LogP contribution in [0.5, 0.6) is 5.88 Å². The van der Waals surface area contributed by atoms with Crippen molar-refractivity contribution in [3.05, 3.63) is 42.1 Å². The highest BCUT2D eigenvalue weighted by atomic mass is 19.1. The van der Waals surface area contributed by atoms with Crippen molar-refractivity contribution in [1.29, 1.82) is 0 Å². The number of nitrogens with two attached hydrogens (primary N) is 2. The van der Waals surface area contributed by atoms with Crippen molar-refractivity contribution < 1.29 is 13.9 Å². The topological polar surface area (TPSA) is 159 Å². The zero-order chi connectivity index (χ0) is 22.5. The van der Waals surface area contributed by atoms with Crippen molar-refractivity contribution in [3.8, 4) is 11.6 Å². The summed E-state index contributed by atoms with van der Waals surface area (Å²) in [5, 5.41) is 14.1. The highest BCUT2D eigenvalue weighted by molar-refractivity contribution is 5.98. The average Bonchev–Trinajstić information content (AvgIpc) is 3.28. The highest BCUT2D eigenvalue weighted by Crippen LogP contribution is 2.27. The Morgan fingerprint density at radius 2 is 2.00 bits per heavy atom. The molecule has 2 unspecified atom stereocenters. The normalized spacial score (nSPS) is 12.8. The van der Waals surface area contributed by atoms with Crippen LogP contribution in [0.2, 0.25) is 0 Å². The van der Waals surface area contributed by atoms with Crippen LogP contribution in [0, 0.1) is 5.82 Å². The van der Waals surface area contributed by atoms with Gasteiger partial charge >= 0.3 is 0 Å². The number of nitrogens with one attached hydrogen (secondary N) is 2. The second-order valence-corrected chi connectivity index (χ2v) is 6.79. The molecule has 3 heterocycles. The van der Waals surface area contributed by atoms with Crippen molar-refractivity contribution in [3.63, 3.8) is 0 Å². The lowest BCUT2D eigenvalue weighted by Crippen LogP contribution is -2.38. The molecule has 11 nitrogen and oxygen atoms in total. The lowest BCUT2D eigenvalue weighted by atomic mass is 10.1. The maximum absolute atomic E-state index is 14.6. The molecule has 0 spiro atoms. The molecule has 0 radical (unpaired) electrons. The van der Waals surface area contributed by atoms with Crippen LogP contribution in [0.1, 0.15) is 30.6 Å². The molecule has 0 aliphatic rings. The zero-order valence-electron chi connectivity index (χ0n) is 17.3. The molecule has 3 rings (SSSR count). The maximum Gasteiger partial charge on any atom is 0.252 e. The molecule has 0 fully saturated rings. The Morgan fingerprint density at radius 1 is 1.29 bits per heavy atom. The monoisotopic (exact) mass is 429 g/mol. The summed E-state index contributed by atoms with van der Waals surface area (Å²) in [6.07, 6.45) is 5.13. The number of methoxy groups -OCH3 is 1. The number of ether oxygens (including phenoxy) is 1. The largest absolute Gasteiger partial charge is 0.479 e. The summed E-state index contributed by atoms with van der Waals surface area (Å²) in [6, 6.07) is 2.22. The minimum absolute atomic E-state index is 0.0490. The van der Waals surface area contributed by atoms with Gasteiger partial charge in [0.1, 0.15) is 11.5 Å². The van der Waals surface area contributed by atoms with Gasteiger partial charge in [-0.3, -0.25) is 4.79 Å². The van der Waals surface area contributed by atoms with Crippen LogP contribution in [-0.2, 0) is 0 Å². The van der Waals surface area contributed by atoms with E-state index >= 15 is 0 Å². The summed E-state index contributed by atoms with van der Waals surface area (Å²) in [5.74, 6) is -1.26. The van der Waals surface area contributed by atoms with Gasteiger partial charge < -0.3 is 26.8 Å². The first-order valence-corrected chi connectivity index (χ1v) is 9.54. The first kappa shape index (κ1) is 21.9. The Hall–Kier alpha value is -3.80. The molecule has 0 saturated heterocycles. The van der Waals surface area contributed by atoms with Gasteiger partial charge in [-0.2, -0.15) is 10.2 Å². The van der Waals surface area contributed by atoms with E-state index in [4.69, 9.17) is 16.2 Å². The minimum atomic E-state index is -0.838. The van der Waals surface area contributed by atoms with E-state index in [1.807, 2.05) is 13.8 Å². The second kappa shape index (κ2) is 9.34. The molecule has 0 aliphatic heterocycles. The van der Waals surface area contributed by atoms with Gasteiger partial charge in [0.05, 0.1) is 37.0 Å². The van der Waals surface area contributed by atoms with E-state index in [0.29, 0.717) is 17.8 Å². The predicted octanol–water partition coefficient (Wildman–Crippen LogP) is 1.59. The second-order valence-electron chi connectivity index (χ2n) is 6.79. The van der Waals surface area contributed by atoms with Gasteiger partial charge in [0.2, 0.25) is 5.88 Å². The number of pyridine rings is 2. The number of primary amides is 1. The van der Waals surface area contributed by atoms with Gasteiger partial charge in [0.15, 0.2) is 11.6 Å². The fourth-order valence-corrected chi connectivity index (χ4v) is 2.94. The van der Waals surface area contributed by atoms with Crippen molar-refractivity contribution in [1.82, 2.24) is 25.0 Å². The van der Waals surface area contributed by atoms with Crippen LogP contribution in [0.4, 0.5) is 21.7 Å². The van der Waals surface area contributed by atoms with Crippen LogP contribution in [-0.4, -0.2) is 50.1 Å². The van der Waals surface area contributed by atoms with Gasteiger partial charge in [-0.15, -0.1) is 4.80 Å². The zero-order valence-corrected chi connectivity index (χ0v) is 17.3. The van der Waals surface area contributed by atoms with E-state index in [9.17, 15) is 9.18 Å². The molecule has 3 aromatic rings. The quantitative estimate of drug-likeness (QED) is 0.396. The Balaban J connectivity index is 2.01. The van der Waals surface area contributed by atoms with Crippen LogP contribution < -0.4 is 26.8 Å². The number of hydrogen-bond acceptors (Lipinski definition) is 9. The first-order chi connectivity index (χ1) is 14.8. The molecule has 31 heavy (non-hydrogen) atoms. The van der Waals surface area contributed by atoms with Crippen molar-refractivity contribution in [2.45, 2.75) is 32.4 Å². The molecule has 164 valence electrons. The summed E-state index contributed by atoms with van der Waals surface area (Å²) >= 11 is 0. The van der Waals surface area contributed by atoms with Gasteiger partial charge in [0, 0.05) is 12.1 Å². The van der Waals surface area contributed by atoms with E-state index < -0.39 is 11.7 Å². The van der Waals surface area contributed by atoms with E-state index in [-0.39, 0.29) is 35.2 Å². The lowest BCUT2D eigenvalue weighted by molar-refractivity contribution is 0.100. The summed E-state index contributed by atoms with van der Waals surface area (Å²) in [5.41, 5.74) is 12.1. The Morgan fingerprint density at radius 3 is 2.58 bits per heavy atom. The molecule has 12 heteroatoms. The number of amides is 1. The van der Waals surface area contributed by atoms with Crippen LogP contribution in [0.25, 0.3) is 5.69 Å². The van der Waals surface area contributed by atoms with Crippen molar-refractivity contribution in [2.75, 3.05) is 17.7 Å². The number of halogens is 1. The summed E-state index contributed by atoms with van der Waals surface area (Å²) in [7, 11) is 1.47. The van der Waals surface area contributed by atoms with E-state index in [1.54, 1.807) is 6.07 Å². The van der Waals surface area contributed by atoms with Gasteiger partial charge in [-0.1, -0.05) is 6.92 Å². The maximum atomic E-state index is 14.6. The lowest BCUT2D eigenvalue weighted by Gasteiger charge is -2.22. The molecule has 2 atom stereocenters. The van der Waals surface area contributed by atoms with Gasteiger partial charge in [-0.05, 0) is 25.5 Å².